The number of anilines is 2. The van der Waals surface area contributed by atoms with Gasteiger partial charge >= 0.3 is 12.1 Å². The van der Waals surface area contributed by atoms with Gasteiger partial charge in [0.15, 0.2) is 0 Å². The Kier molecular flexibility index (Phi) is 7.06. The number of ether oxygens (including phenoxy) is 1. The molecule has 1 atom stereocenters. The smallest absolute Gasteiger partial charge is 0.416 e. The fourth-order valence-electron chi connectivity index (χ4n) is 3.40. The maximum Gasteiger partial charge on any atom is 0.416 e. The predicted octanol–water partition coefficient (Wildman–Crippen LogP) is 4.02. The van der Waals surface area contributed by atoms with Crippen molar-refractivity contribution in [1.29, 1.82) is 0 Å². The number of esters is 1. The Morgan fingerprint density at radius 1 is 1.25 bits per heavy atom. The van der Waals surface area contributed by atoms with Crippen LogP contribution in [0.25, 0.3) is 0 Å². The highest BCUT2D eigenvalue weighted by Crippen LogP contribution is 2.38. The zero-order valence-electron chi connectivity index (χ0n) is 16.8. The Bertz CT molecular complexity index is 1120. The number of hydrogen-bond donors (Lipinski definition) is 2. The van der Waals surface area contributed by atoms with E-state index in [0.717, 1.165) is 19.2 Å². The molecule has 2 N–H and O–H groups in total. The number of carbonyl (C=O) groups is 1. The van der Waals surface area contributed by atoms with E-state index in [1.54, 1.807) is 4.90 Å². The summed E-state index contributed by atoms with van der Waals surface area (Å²) in [6.45, 7) is 0.598. The molecule has 0 spiro atoms. The molecule has 0 radical (unpaired) electrons. The maximum atomic E-state index is 13.3. The van der Waals surface area contributed by atoms with Crippen LogP contribution in [0, 0.1) is 0 Å². The van der Waals surface area contributed by atoms with E-state index in [0.29, 0.717) is 25.5 Å². The molecule has 7 nitrogen and oxygen atoms in total. The number of carbonyl (C=O) groups excluding carboxylic acids is 1. The highest BCUT2D eigenvalue weighted by atomic mass is 79.9. The zero-order valence-corrected chi connectivity index (χ0v) is 19.2. The summed E-state index contributed by atoms with van der Waals surface area (Å²) in [7, 11) is -3.27. The average molecular weight is 537 g/mol. The number of piperidine rings is 1. The van der Waals surface area contributed by atoms with Crippen LogP contribution in [0.5, 0.6) is 0 Å². The summed E-state index contributed by atoms with van der Waals surface area (Å²) in [6, 6.07) is 6.50. The summed E-state index contributed by atoms with van der Waals surface area (Å²) in [4.78, 5) is 13.1. The van der Waals surface area contributed by atoms with Crippen LogP contribution >= 0.6 is 15.9 Å². The quantitative estimate of drug-likeness (QED) is 0.560. The first-order valence-electron chi connectivity index (χ1n) is 9.47. The summed E-state index contributed by atoms with van der Waals surface area (Å²) >= 11 is 3.11. The van der Waals surface area contributed by atoms with Crippen LogP contribution in [0.3, 0.4) is 0 Å². The van der Waals surface area contributed by atoms with Crippen molar-refractivity contribution in [2.45, 2.75) is 30.0 Å². The van der Waals surface area contributed by atoms with Crippen LogP contribution in [0.1, 0.15) is 28.8 Å². The molecule has 12 heteroatoms. The second-order valence-corrected chi connectivity index (χ2v) is 9.72. The number of sulfonamides is 1. The van der Waals surface area contributed by atoms with E-state index < -0.39 is 33.8 Å². The highest BCUT2D eigenvalue weighted by Gasteiger charge is 2.33. The minimum Gasteiger partial charge on any atom is -0.465 e. The van der Waals surface area contributed by atoms with Gasteiger partial charge in [0.1, 0.15) is 4.90 Å². The summed E-state index contributed by atoms with van der Waals surface area (Å²) in [5.74, 6) is -0.768. The van der Waals surface area contributed by atoms with Crippen LogP contribution in [-0.2, 0) is 20.9 Å². The van der Waals surface area contributed by atoms with Crippen molar-refractivity contribution in [3.8, 4) is 0 Å². The van der Waals surface area contributed by atoms with Crippen LogP contribution in [0.4, 0.5) is 24.5 Å². The minimum absolute atomic E-state index is 0.0421. The van der Waals surface area contributed by atoms with E-state index >= 15 is 0 Å². The van der Waals surface area contributed by atoms with Crippen LogP contribution in [0.2, 0.25) is 0 Å². The Labute approximate surface area is 191 Å². The first-order valence-corrected chi connectivity index (χ1v) is 11.7. The first kappa shape index (κ1) is 24.3. The molecule has 0 aromatic heterocycles. The molecule has 1 unspecified atom stereocenters. The van der Waals surface area contributed by atoms with Gasteiger partial charge in [-0.3, -0.25) is 4.72 Å². The van der Waals surface area contributed by atoms with Crippen molar-refractivity contribution in [2.24, 2.45) is 0 Å². The van der Waals surface area contributed by atoms with E-state index in [1.165, 1.54) is 18.2 Å². The molecule has 0 saturated carbocycles. The molecule has 1 heterocycles. The molecule has 1 saturated heterocycles. The third-order valence-corrected chi connectivity index (χ3v) is 7.31. The van der Waals surface area contributed by atoms with Crippen molar-refractivity contribution in [3.05, 3.63) is 52.0 Å². The summed E-state index contributed by atoms with van der Waals surface area (Å²) in [5.41, 5.74) is -1.15. The lowest BCUT2D eigenvalue weighted by Gasteiger charge is -2.33. The summed E-state index contributed by atoms with van der Waals surface area (Å²) in [6.07, 6.45) is -4.22. The van der Waals surface area contributed by atoms with Gasteiger partial charge in [-0.2, -0.15) is 13.2 Å². The number of alkyl halides is 3. The minimum atomic E-state index is -4.69. The van der Waals surface area contributed by atoms with E-state index in [4.69, 9.17) is 0 Å². The van der Waals surface area contributed by atoms with Gasteiger partial charge in [-0.25, -0.2) is 13.2 Å². The number of hydrogen-bond acceptors (Lipinski definition) is 6. The number of aliphatic hydroxyl groups excluding tert-OH is 1. The van der Waals surface area contributed by atoms with Crippen molar-refractivity contribution >= 4 is 43.3 Å². The molecular weight excluding hydrogens is 517 g/mol. The lowest BCUT2D eigenvalue weighted by Crippen LogP contribution is -2.38. The summed E-state index contributed by atoms with van der Waals surface area (Å²) < 4.78 is 73.1. The molecule has 1 aliphatic heterocycles. The first-order chi connectivity index (χ1) is 14.9. The molecule has 3 rings (SSSR count). The molecule has 0 amide bonds. The monoisotopic (exact) mass is 536 g/mol. The van der Waals surface area contributed by atoms with Crippen molar-refractivity contribution < 1.29 is 36.2 Å². The van der Waals surface area contributed by atoms with E-state index in [-0.39, 0.29) is 32.9 Å². The summed E-state index contributed by atoms with van der Waals surface area (Å²) in [5, 5.41) is 9.96. The predicted molar refractivity (Wildman–Crippen MR) is 115 cm³/mol. The van der Waals surface area contributed by atoms with Gasteiger partial charge in [0.25, 0.3) is 10.0 Å². The largest absolute Gasteiger partial charge is 0.465 e. The molecule has 0 aliphatic carbocycles. The average Bonchev–Trinajstić information content (AvgIpc) is 2.72. The number of rotatable bonds is 5. The fraction of sp³-hybridized carbons (Fsp3) is 0.350. The molecule has 0 bridgehead atoms. The number of nitrogens with zero attached hydrogens (tertiary/aromatic N) is 1. The number of nitrogens with one attached hydrogen (secondary N) is 1. The number of aliphatic hydroxyl groups is 1. The standard InChI is InChI=1S/C20H20BrF3N2O5S/c1-31-19(28)12-4-6-15(21)18(9-12)32(29,30)25-16-10-13(20(22,23)24)5-7-17(16)26-8-2-3-14(27)11-26/h4-7,9-10,14,25,27H,2-3,8,11H2,1H3. The topological polar surface area (TPSA) is 95.9 Å². The Hall–Kier alpha value is -2.31. The lowest BCUT2D eigenvalue weighted by molar-refractivity contribution is -0.137. The van der Waals surface area contributed by atoms with Crippen LogP contribution in [0.15, 0.2) is 45.8 Å². The van der Waals surface area contributed by atoms with Gasteiger partial charge in [-0.05, 0) is 65.2 Å². The second kappa shape index (κ2) is 9.28. The van der Waals surface area contributed by atoms with Gasteiger partial charge in [-0.15, -0.1) is 0 Å². The Morgan fingerprint density at radius 3 is 2.59 bits per heavy atom. The van der Waals surface area contributed by atoms with E-state index in [9.17, 15) is 31.5 Å². The van der Waals surface area contributed by atoms with E-state index in [2.05, 4.69) is 25.4 Å². The normalized spacial score (nSPS) is 17.2. The van der Waals surface area contributed by atoms with Gasteiger partial charge in [0.2, 0.25) is 0 Å². The third-order valence-electron chi connectivity index (χ3n) is 4.95. The van der Waals surface area contributed by atoms with Crippen LogP contribution in [-0.4, -0.2) is 45.8 Å². The SMILES string of the molecule is COC(=O)c1ccc(Br)c(S(=O)(=O)Nc2cc(C(F)(F)F)ccc2N2CCCC(O)C2)c1. The lowest BCUT2D eigenvalue weighted by atomic mass is 10.1. The molecule has 1 fully saturated rings. The molecule has 2 aromatic carbocycles. The molecular formula is C20H20BrF3N2O5S. The van der Waals surface area contributed by atoms with Crippen molar-refractivity contribution in [1.82, 2.24) is 0 Å². The van der Waals surface area contributed by atoms with Gasteiger partial charge < -0.3 is 14.7 Å². The molecule has 2 aromatic rings. The number of benzene rings is 2. The van der Waals surface area contributed by atoms with Gasteiger partial charge in [0, 0.05) is 17.6 Å². The van der Waals surface area contributed by atoms with Crippen molar-refractivity contribution in [2.75, 3.05) is 29.8 Å². The maximum absolute atomic E-state index is 13.3. The zero-order chi connectivity index (χ0) is 23.7. The van der Waals surface area contributed by atoms with E-state index in [1.807, 2.05) is 0 Å². The Balaban J connectivity index is 2.07. The number of methoxy groups -OCH3 is 1. The molecule has 32 heavy (non-hydrogen) atoms. The van der Waals surface area contributed by atoms with Crippen molar-refractivity contribution in [3.63, 3.8) is 0 Å². The fourth-order valence-corrected chi connectivity index (χ4v) is 5.45. The third kappa shape index (κ3) is 5.36. The molecule has 174 valence electrons. The number of halogens is 4. The second-order valence-electron chi connectivity index (χ2n) is 7.21. The Morgan fingerprint density at radius 2 is 1.97 bits per heavy atom. The molecule has 1 aliphatic rings. The van der Waals surface area contributed by atoms with Crippen LogP contribution < -0.4 is 9.62 Å². The van der Waals surface area contributed by atoms with Gasteiger partial charge in [-0.1, -0.05) is 0 Å². The highest BCUT2D eigenvalue weighted by molar-refractivity contribution is 9.10. The van der Waals surface area contributed by atoms with Gasteiger partial charge in [0.05, 0.1) is 35.7 Å². The number of β-amino-alcohol motifs (C(OH)–C–C–N with tert-alkyl or cyclic N) is 1.